The second-order valence-corrected chi connectivity index (χ2v) is 6.72. The summed E-state index contributed by atoms with van der Waals surface area (Å²) in [5.74, 6) is 1.48. The van der Waals surface area contributed by atoms with Gasteiger partial charge in [-0.2, -0.15) is 0 Å². The summed E-state index contributed by atoms with van der Waals surface area (Å²) in [5, 5.41) is 6.55. The maximum absolute atomic E-state index is 11.9. The van der Waals surface area contributed by atoms with Gasteiger partial charge in [-0.15, -0.1) is 0 Å². The number of hydrogen-bond acceptors (Lipinski definition) is 2. The summed E-state index contributed by atoms with van der Waals surface area (Å²) in [5.41, 5.74) is 1.83. The van der Waals surface area contributed by atoms with Crippen LogP contribution in [0.5, 0.6) is 0 Å². The molecule has 1 saturated carbocycles. The van der Waals surface area contributed by atoms with E-state index >= 15 is 0 Å². The summed E-state index contributed by atoms with van der Waals surface area (Å²) in [4.78, 5) is 11.9. The number of anilines is 1. The third-order valence-corrected chi connectivity index (χ3v) is 4.63. The standard InChI is InChI=1S/C18H28N2O/c1-12(2)19-18(21)15-8-10-16(11-9-15)20-17-7-5-6-13(3)14(17)4/h8-14,17,20H,5-7H2,1-4H3,(H,19,21). The van der Waals surface area contributed by atoms with Crippen molar-refractivity contribution >= 4 is 11.6 Å². The Balaban J connectivity index is 1.97. The van der Waals surface area contributed by atoms with Gasteiger partial charge >= 0.3 is 0 Å². The molecule has 2 rings (SSSR count). The zero-order chi connectivity index (χ0) is 15.4. The van der Waals surface area contributed by atoms with E-state index in [1.54, 1.807) is 0 Å². The molecule has 1 aliphatic rings. The monoisotopic (exact) mass is 288 g/mol. The van der Waals surface area contributed by atoms with Crippen molar-refractivity contribution < 1.29 is 4.79 Å². The minimum absolute atomic E-state index is 0.00351. The van der Waals surface area contributed by atoms with Crippen molar-refractivity contribution in [3.8, 4) is 0 Å². The molecule has 1 aromatic rings. The van der Waals surface area contributed by atoms with Crippen molar-refractivity contribution in [2.45, 2.75) is 59.0 Å². The largest absolute Gasteiger partial charge is 0.382 e. The van der Waals surface area contributed by atoms with Gasteiger partial charge in [0.25, 0.3) is 5.91 Å². The van der Waals surface area contributed by atoms with E-state index in [-0.39, 0.29) is 11.9 Å². The number of amides is 1. The van der Waals surface area contributed by atoms with Crippen molar-refractivity contribution in [2.24, 2.45) is 11.8 Å². The fraction of sp³-hybridized carbons (Fsp3) is 0.611. The average Bonchev–Trinajstić information content (AvgIpc) is 2.44. The van der Waals surface area contributed by atoms with Gasteiger partial charge in [-0.3, -0.25) is 4.79 Å². The molecule has 0 spiro atoms. The third-order valence-electron chi connectivity index (χ3n) is 4.63. The van der Waals surface area contributed by atoms with E-state index in [9.17, 15) is 4.79 Å². The van der Waals surface area contributed by atoms with Gasteiger partial charge in [0.1, 0.15) is 0 Å². The number of nitrogens with one attached hydrogen (secondary N) is 2. The van der Waals surface area contributed by atoms with Crippen LogP contribution in [0.3, 0.4) is 0 Å². The van der Waals surface area contributed by atoms with E-state index < -0.39 is 0 Å². The Morgan fingerprint density at radius 3 is 2.43 bits per heavy atom. The van der Waals surface area contributed by atoms with E-state index in [0.717, 1.165) is 17.2 Å². The van der Waals surface area contributed by atoms with Crippen LogP contribution in [0, 0.1) is 11.8 Å². The quantitative estimate of drug-likeness (QED) is 0.877. The van der Waals surface area contributed by atoms with Crippen LogP contribution < -0.4 is 10.6 Å². The number of carbonyl (C=O) groups is 1. The average molecular weight is 288 g/mol. The molecule has 3 heteroatoms. The Kier molecular flexibility index (Phi) is 5.27. The first-order valence-corrected chi connectivity index (χ1v) is 8.15. The van der Waals surface area contributed by atoms with Crippen LogP contribution in [0.25, 0.3) is 0 Å². The van der Waals surface area contributed by atoms with Gasteiger partial charge in [0.05, 0.1) is 0 Å². The molecule has 2 N–H and O–H groups in total. The molecule has 0 radical (unpaired) electrons. The molecule has 3 nitrogen and oxygen atoms in total. The molecule has 1 amide bonds. The van der Waals surface area contributed by atoms with Crippen LogP contribution in [-0.2, 0) is 0 Å². The highest BCUT2D eigenvalue weighted by molar-refractivity contribution is 5.94. The van der Waals surface area contributed by atoms with Gasteiger partial charge in [-0.05, 0) is 56.4 Å². The van der Waals surface area contributed by atoms with E-state index in [0.29, 0.717) is 12.0 Å². The lowest BCUT2D eigenvalue weighted by atomic mass is 9.78. The highest BCUT2D eigenvalue weighted by atomic mass is 16.1. The molecule has 116 valence electrons. The molecular weight excluding hydrogens is 260 g/mol. The predicted molar refractivity (Wildman–Crippen MR) is 88.6 cm³/mol. The number of rotatable bonds is 4. The molecule has 0 aromatic heterocycles. The first kappa shape index (κ1) is 15.9. The van der Waals surface area contributed by atoms with Gasteiger partial charge in [0, 0.05) is 23.3 Å². The molecule has 0 aliphatic heterocycles. The first-order chi connectivity index (χ1) is 9.97. The molecule has 0 saturated heterocycles. The van der Waals surface area contributed by atoms with Crippen molar-refractivity contribution in [3.63, 3.8) is 0 Å². The topological polar surface area (TPSA) is 41.1 Å². The second kappa shape index (κ2) is 6.97. The van der Waals surface area contributed by atoms with Gasteiger partial charge in [-0.1, -0.05) is 26.7 Å². The lowest BCUT2D eigenvalue weighted by Gasteiger charge is -2.35. The van der Waals surface area contributed by atoms with Crippen molar-refractivity contribution in [3.05, 3.63) is 29.8 Å². The van der Waals surface area contributed by atoms with E-state index in [1.807, 2.05) is 38.1 Å². The number of benzene rings is 1. The minimum Gasteiger partial charge on any atom is -0.382 e. The number of carbonyl (C=O) groups excluding carboxylic acids is 1. The summed E-state index contributed by atoms with van der Waals surface area (Å²) in [6.07, 6.45) is 3.88. The second-order valence-electron chi connectivity index (χ2n) is 6.72. The van der Waals surface area contributed by atoms with Crippen LogP contribution in [0.15, 0.2) is 24.3 Å². The fourth-order valence-electron chi connectivity index (χ4n) is 3.06. The summed E-state index contributed by atoms with van der Waals surface area (Å²) in [6, 6.07) is 8.54. The third kappa shape index (κ3) is 4.23. The molecule has 1 fully saturated rings. The lowest BCUT2D eigenvalue weighted by molar-refractivity contribution is 0.0943. The van der Waals surface area contributed by atoms with Crippen molar-refractivity contribution in [1.82, 2.24) is 5.32 Å². The molecule has 0 bridgehead atoms. The Bertz CT molecular complexity index is 467. The van der Waals surface area contributed by atoms with Gasteiger partial charge in [-0.25, -0.2) is 0 Å². The van der Waals surface area contributed by atoms with Crippen molar-refractivity contribution in [2.75, 3.05) is 5.32 Å². The smallest absolute Gasteiger partial charge is 0.251 e. The molecule has 3 atom stereocenters. The summed E-state index contributed by atoms with van der Waals surface area (Å²) < 4.78 is 0. The zero-order valence-electron chi connectivity index (χ0n) is 13.6. The minimum atomic E-state index is -0.00351. The predicted octanol–water partition coefficient (Wildman–Crippen LogP) is 4.06. The van der Waals surface area contributed by atoms with Crippen LogP contribution >= 0.6 is 0 Å². The molecule has 1 aliphatic carbocycles. The zero-order valence-corrected chi connectivity index (χ0v) is 13.6. The Labute approximate surface area is 128 Å². The normalized spacial score (nSPS) is 25.7. The Morgan fingerprint density at radius 2 is 1.81 bits per heavy atom. The van der Waals surface area contributed by atoms with Crippen molar-refractivity contribution in [1.29, 1.82) is 0 Å². The molecule has 1 aromatic carbocycles. The SMILES string of the molecule is CC(C)NC(=O)c1ccc(NC2CCCC(C)C2C)cc1. The highest BCUT2D eigenvalue weighted by Gasteiger charge is 2.26. The van der Waals surface area contributed by atoms with Crippen LogP contribution in [0.4, 0.5) is 5.69 Å². The summed E-state index contributed by atoms with van der Waals surface area (Å²) >= 11 is 0. The fourth-order valence-corrected chi connectivity index (χ4v) is 3.06. The summed E-state index contributed by atoms with van der Waals surface area (Å²) in [6.45, 7) is 8.63. The molecule has 3 unspecified atom stereocenters. The van der Waals surface area contributed by atoms with E-state index in [1.165, 1.54) is 19.3 Å². The molecule has 21 heavy (non-hydrogen) atoms. The maximum atomic E-state index is 11.9. The van der Waals surface area contributed by atoms with Crippen LogP contribution in [0.1, 0.15) is 57.3 Å². The Hall–Kier alpha value is -1.51. The van der Waals surface area contributed by atoms with Gasteiger partial charge in [0.15, 0.2) is 0 Å². The van der Waals surface area contributed by atoms with E-state index in [4.69, 9.17) is 0 Å². The molecule has 0 heterocycles. The van der Waals surface area contributed by atoms with Crippen LogP contribution in [0.2, 0.25) is 0 Å². The maximum Gasteiger partial charge on any atom is 0.251 e. The molecular formula is C18H28N2O. The Morgan fingerprint density at radius 1 is 1.14 bits per heavy atom. The first-order valence-electron chi connectivity index (χ1n) is 8.15. The number of hydrogen-bond donors (Lipinski definition) is 2. The summed E-state index contributed by atoms with van der Waals surface area (Å²) in [7, 11) is 0. The highest BCUT2D eigenvalue weighted by Crippen LogP contribution is 2.31. The van der Waals surface area contributed by atoms with Crippen LogP contribution in [-0.4, -0.2) is 18.0 Å². The van der Waals surface area contributed by atoms with Gasteiger partial charge < -0.3 is 10.6 Å². The van der Waals surface area contributed by atoms with E-state index in [2.05, 4.69) is 24.5 Å². The van der Waals surface area contributed by atoms with Gasteiger partial charge in [0.2, 0.25) is 0 Å². The lowest BCUT2D eigenvalue weighted by Crippen LogP contribution is -2.35.